The summed E-state index contributed by atoms with van der Waals surface area (Å²) >= 11 is 0. The zero-order chi connectivity index (χ0) is 9.68. The summed E-state index contributed by atoms with van der Waals surface area (Å²) < 4.78 is 10.1. The number of rotatable bonds is 3. The molecule has 0 unspecified atom stereocenters. The first-order valence-corrected chi connectivity index (χ1v) is 3.77. The lowest BCUT2D eigenvalue weighted by Crippen LogP contribution is -1.93. The fourth-order valence-corrected chi connectivity index (χ4v) is 1.01. The van der Waals surface area contributed by atoms with Gasteiger partial charge in [0.2, 0.25) is 0 Å². The van der Waals surface area contributed by atoms with Crippen molar-refractivity contribution >= 4 is 6.21 Å². The van der Waals surface area contributed by atoms with Crippen molar-refractivity contribution in [1.29, 1.82) is 0 Å². The van der Waals surface area contributed by atoms with Crippen LogP contribution in [0.5, 0.6) is 11.5 Å². The second-order valence-corrected chi connectivity index (χ2v) is 2.39. The third-order valence-electron chi connectivity index (χ3n) is 1.65. The predicted molar refractivity (Wildman–Crippen MR) is 51.3 cm³/mol. The normalized spacial score (nSPS) is 10.3. The molecule has 0 bridgehead atoms. The SMILES string of the molecule is COc1ccc(/C=N/N)c(OC)c1. The quantitative estimate of drug-likeness (QED) is 0.429. The van der Waals surface area contributed by atoms with Crippen molar-refractivity contribution in [1.82, 2.24) is 0 Å². The van der Waals surface area contributed by atoms with Crippen LogP contribution < -0.4 is 15.3 Å². The minimum absolute atomic E-state index is 0.688. The third kappa shape index (κ3) is 2.11. The van der Waals surface area contributed by atoms with Crippen molar-refractivity contribution in [3.63, 3.8) is 0 Å². The molecule has 0 saturated heterocycles. The minimum Gasteiger partial charge on any atom is -0.497 e. The Labute approximate surface area is 77.0 Å². The summed E-state index contributed by atoms with van der Waals surface area (Å²) in [6, 6.07) is 5.42. The van der Waals surface area contributed by atoms with Gasteiger partial charge in [-0.15, -0.1) is 0 Å². The fourth-order valence-electron chi connectivity index (χ4n) is 1.01. The molecule has 0 aliphatic heterocycles. The molecule has 2 N–H and O–H groups in total. The molecule has 1 rings (SSSR count). The first-order valence-electron chi connectivity index (χ1n) is 3.77. The first kappa shape index (κ1) is 9.38. The van der Waals surface area contributed by atoms with Crippen LogP contribution in [0.15, 0.2) is 23.3 Å². The Bertz CT molecular complexity index is 310. The van der Waals surface area contributed by atoms with Crippen LogP contribution in [0.4, 0.5) is 0 Å². The highest BCUT2D eigenvalue weighted by atomic mass is 16.5. The lowest BCUT2D eigenvalue weighted by molar-refractivity contribution is 0.394. The molecule has 0 aliphatic carbocycles. The second-order valence-electron chi connectivity index (χ2n) is 2.39. The van der Waals surface area contributed by atoms with E-state index < -0.39 is 0 Å². The highest BCUT2D eigenvalue weighted by Crippen LogP contribution is 2.22. The van der Waals surface area contributed by atoms with Crippen LogP contribution in [0.3, 0.4) is 0 Å². The molecule has 0 radical (unpaired) electrons. The molecule has 0 heterocycles. The highest BCUT2D eigenvalue weighted by Gasteiger charge is 2.01. The van der Waals surface area contributed by atoms with E-state index in [1.165, 1.54) is 6.21 Å². The predicted octanol–water partition coefficient (Wildman–Crippen LogP) is 0.996. The van der Waals surface area contributed by atoms with E-state index in [2.05, 4.69) is 5.10 Å². The fraction of sp³-hybridized carbons (Fsp3) is 0.222. The van der Waals surface area contributed by atoms with Crippen molar-refractivity contribution in [2.75, 3.05) is 14.2 Å². The molecule has 0 aliphatic rings. The molecular weight excluding hydrogens is 168 g/mol. The zero-order valence-corrected chi connectivity index (χ0v) is 7.65. The number of methoxy groups -OCH3 is 2. The molecule has 0 aromatic heterocycles. The summed E-state index contributed by atoms with van der Waals surface area (Å²) in [5.41, 5.74) is 0.825. The van der Waals surface area contributed by atoms with Gasteiger partial charge >= 0.3 is 0 Å². The number of hydrogen-bond acceptors (Lipinski definition) is 4. The van der Waals surface area contributed by atoms with E-state index in [1.807, 2.05) is 12.1 Å². The summed E-state index contributed by atoms with van der Waals surface area (Å²) in [7, 11) is 3.19. The van der Waals surface area contributed by atoms with Crippen LogP contribution >= 0.6 is 0 Å². The summed E-state index contributed by atoms with van der Waals surface area (Å²) in [5.74, 6) is 6.47. The topological polar surface area (TPSA) is 56.8 Å². The average molecular weight is 180 g/mol. The van der Waals surface area contributed by atoms with Gasteiger partial charge in [-0.1, -0.05) is 0 Å². The van der Waals surface area contributed by atoms with Crippen molar-refractivity contribution in [2.24, 2.45) is 10.9 Å². The van der Waals surface area contributed by atoms with E-state index in [4.69, 9.17) is 15.3 Å². The second kappa shape index (κ2) is 4.35. The standard InChI is InChI=1S/C9H12N2O2/c1-12-8-4-3-7(6-11-10)9(5-8)13-2/h3-6H,10H2,1-2H3/b11-6+. The Morgan fingerprint density at radius 3 is 2.62 bits per heavy atom. The van der Waals surface area contributed by atoms with Crippen molar-refractivity contribution in [3.8, 4) is 11.5 Å². The van der Waals surface area contributed by atoms with E-state index in [-0.39, 0.29) is 0 Å². The van der Waals surface area contributed by atoms with Gasteiger partial charge in [0.05, 0.1) is 20.4 Å². The lowest BCUT2D eigenvalue weighted by atomic mass is 10.2. The summed E-state index contributed by atoms with van der Waals surface area (Å²) in [6.45, 7) is 0. The lowest BCUT2D eigenvalue weighted by Gasteiger charge is -2.06. The number of hydrazone groups is 1. The van der Waals surface area contributed by atoms with Crippen LogP contribution in [-0.4, -0.2) is 20.4 Å². The minimum atomic E-state index is 0.688. The van der Waals surface area contributed by atoms with E-state index in [0.717, 1.165) is 11.3 Å². The first-order chi connectivity index (χ1) is 6.31. The Morgan fingerprint density at radius 2 is 2.08 bits per heavy atom. The largest absolute Gasteiger partial charge is 0.497 e. The summed E-state index contributed by atoms with van der Waals surface area (Å²) in [5, 5.41) is 3.42. The Morgan fingerprint density at radius 1 is 1.31 bits per heavy atom. The van der Waals surface area contributed by atoms with Gasteiger partial charge in [-0.3, -0.25) is 0 Å². The van der Waals surface area contributed by atoms with Crippen LogP contribution in [0.1, 0.15) is 5.56 Å². The Balaban J connectivity index is 3.07. The van der Waals surface area contributed by atoms with Crippen LogP contribution in [0.2, 0.25) is 0 Å². The van der Waals surface area contributed by atoms with E-state index in [1.54, 1.807) is 20.3 Å². The van der Waals surface area contributed by atoms with Crippen LogP contribution in [0, 0.1) is 0 Å². The van der Waals surface area contributed by atoms with E-state index >= 15 is 0 Å². The molecule has 4 heteroatoms. The van der Waals surface area contributed by atoms with Crippen molar-refractivity contribution in [3.05, 3.63) is 23.8 Å². The van der Waals surface area contributed by atoms with Crippen molar-refractivity contribution in [2.45, 2.75) is 0 Å². The number of benzene rings is 1. The molecule has 0 atom stereocenters. The number of nitrogens with zero attached hydrogens (tertiary/aromatic N) is 1. The molecule has 13 heavy (non-hydrogen) atoms. The maximum atomic E-state index is 5.11. The average Bonchev–Trinajstić information content (AvgIpc) is 2.19. The Hall–Kier alpha value is -1.71. The number of hydrogen-bond donors (Lipinski definition) is 1. The molecule has 0 saturated carbocycles. The molecule has 0 amide bonds. The van der Waals surface area contributed by atoms with E-state index in [0.29, 0.717) is 5.75 Å². The van der Waals surface area contributed by atoms with Gasteiger partial charge in [0, 0.05) is 11.6 Å². The van der Waals surface area contributed by atoms with Crippen molar-refractivity contribution < 1.29 is 9.47 Å². The summed E-state index contributed by atoms with van der Waals surface area (Å²) in [4.78, 5) is 0. The summed E-state index contributed by atoms with van der Waals surface area (Å²) in [6.07, 6.45) is 1.53. The maximum Gasteiger partial charge on any atom is 0.131 e. The molecule has 70 valence electrons. The van der Waals surface area contributed by atoms with Gasteiger partial charge in [0.25, 0.3) is 0 Å². The Kier molecular flexibility index (Phi) is 3.14. The molecule has 1 aromatic carbocycles. The number of nitrogens with two attached hydrogens (primary N) is 1. The molecule has 4 nitrogen and oxygen atoms in total. The van der Waals surface area contributed by atoms with Gasteiger partial charge in [-0.2, -0.15) is 5.10 Å². The van der Waals surface area contributed by atoms with Crippen LogP contribution in [0.25, 0.3) is 0 Å². The maximum absolute atomic E-state index is 5.11. The van der Waals surface area contributed by atoms with Gasteiger partial charge in [-0.25, -0.2) is 0 Å². The van der Waals surface area contributed by atoms with Gasteiger partial charge in [0.1, 0.15) is 11.5 Å². The smallest absolute Gasteiger partial charge is 0.131 e. The molecular formula is C9H12N2O2. The molecule has 0 spiro atoms. The van der Waals surface area contributed by atoms with E-state index in [9.17, 15) is 0 Å². The monoisotopic (exact) mass is 180 g/mol. The van der Waals surface area contributed by atoms with Gasteiger partial charge in [-0.05, 0) is 12.1 Å². The van der Waals surface area contributed by atoms with Gasteiger partial charge in [0.15, 0.2) is 0 Å². The molecule has 1 aromatic rings. The van der Waals surface area contributed by atoms with Crippen LogP contribution in [-0.2, 0) is 0 Å². The highest BCUT2D eigenvalue weighted by molar-refractivity contribution is 5.83. The zero-order valence-electron chi connectivity index (χ0n) is 7.65. The molecule has 0 fully saturated rings. The van der Waals surface area contributed by atoms with Gasteiger partial charge < -0.3 is 15.3 Å². The number of ether oxygens (including phenoxy) is 2. The third-order valence-corrected chi connectivity index (χ3v) is 1.65.